The van der Waals surface area contributed by atoms with Gasteiger partial charge in [0.1, 0.15) is 5.82 Å². The van der Waals surface area contributed by atoms with Gasteiger partial charge in [-0.15, -0.1) is 0 Å². The highest BCUT2D eigenvalue weighted by Crippen LogP contribution is 2.24. The molecular weight excluding hydrogens is 270 g/mol. The maximum Gasteiger partial charge on any atom is 0.305 e. The Morgan fingerprint density at radius 1 is 1.38 bits per heavy atom. The van der Waals surface area contributed by atoms with Gasteiger partial charge < -0.3 is 16.2 Å². The van der Waals surface area contributed by atoms with Gasteiger partial charge in [-0.25, -0.2) is 4.98 Å². The van der Waals surface area contributed by atoms with Crippen molar-refractivity contribution in [2.24, 2.45) is 11.1 Å². The maximum atomic E-state index is 11.3. The van der Waals surface area contributed by atoms with Crippen molar-refractivity contribution in [3.8, 4) is 0 Å². The van der Waals surface area contributed by atoms with Crippen LogP contribution >= 0.6 is 0 Å². The fourth-order valence-corrected chi connectivity index (χ4v) is 2.22. The molecule has 6 nitrogen and oxygen atoms in total. The van der Waals surface area contributed by atoms with Gasteiger partial charge in [0.25, 0.3) is 0 Å². The quantitative estimate of drug-likeness (QED) is 0.745. The summed E-state index contributed by atoms with van der Waals surface area (Å²) in [6.45, 7) is 7.89. The van der Waals surface area contributed by atoms with Gasteiger partial charge in [-0.2, -0.15) is 0 Å². The molecule has 0 fully saturated rings. The fraction of sp³-hybridized carbons (Fsp3) is 0.533. The molecule has 1 amide bonds. The number of aliphatic carboxylic acids is 1. The Bertz CT molecular complexity index is 535. The predicted molar refractivity (Wildman–Crippen MR) is 81.2 cm³/mol. The number of hydrogen-bond acceptors (Lipinski definition) is 4. The first kappa shape index (κ1) is 16.9. The number of carbonyl (C=O) groups is 2. The van der Waals surface area contributed by atoms with Crippen molar-refractivity contribution in [3.05, 3.63) is 23.4 Å². The molecule has 0 aliphatic heterocycles. The molecule has 0 radical (unpaired) electrons. The number of nitrogens with two attached hydrogens (primary N) is 1. The zero-order valence-electron chi connectivity index (χ0n) is 12.9. The summed E-state index contributed by atoms with van der Waals surface area (Å²) in [5.74, 6) is -0.937. The Kier molecular flexibility index (Phi) is 5.29. The third kappa shape index (κ3) is 6.25. The largest absolute Gasteiger partial charge is 0.481 e. The van der Waals surface area contributed by atoms with Crippen LogP contribution in [0.25, 0.3) is 0 Å². The van der Waals surface area contributed by atoms with Crippen LogP contribution in [0.1, 0.15) is 49.7 Å². The van der Waals surface area contributed by atoms with E-state index in [4.69, 9.17) is 10.8 Å². The highest BCUT2D eigenvalue weighted by molar-refractivity contribution is 5.93. The van der Waals surface area contributed by atoms with E-state index in [1.54, 1.807) is 19.1 Å². The molecule has 0 saturated carbocycles. The SMILES string of the molecule is Cc1cc(C(N)=O)cc(NC(CC(=O)O)CC(C)(C)C)n1. The molecule has 0 aliphatic rings. The predicted octanol–water partition coefficient (Wildman–Crippen LogP) is 2.18. The van der Waals surface area contributed by atoms with E-state index in [0.717, 1.165) is 0 Å². The third-order valence-corrected chi connectivity index (χ3v) is 2.87. The van der Waals surface area contributed by atoms with Crippen molar-refractivity contribution in [1.29, 1.82) is 0 Å². The molecule has 1 aromatic heterocycles. The summed E-state index contributed by atoms with van der Waals surface area (Å²) in [5.41, 5.74) is 6.26. The summed E-state index contributed by atoms with van der Waals surface area (Å²) >= 11 is 0. The number of anilines is 1. The van der Waals surface area contributed by atoms with Gasteiger partial charge in [-0.1, -0.05) is 20.8 Å². The molecule has 1 unspecified atom stereocenters. The van der Waals surface area contributed by atoms with Crippen LogP contribution in [0.2, 0.25) is 0 Å². The van der Waals surface area contributed by atoms with E-state index < -0.39 is 11.9 Å². The van der Waals surface area contributed by atoms with Gasteiger partial charge in [0.05, 0.1) is 6.42 Å². The van der Waals surface area contributed by atoms with Crippen LogP contribution in [0, 0.1) is 12.3 Å². The number of rotatable bonds is 6. The second kappa shape index (κ2) is 6.56. The fourth-order valence-electron chi connectivity index (χ4n) is 2.22. The van der Waals surface area contributed by atoms with Crippen LogP contribution in [-0.4, -0.2) is 28.0 Å². The molecule has 0 aromatic carbocycles. The average molecular weight is 293 g/mol. The number of primary amides is 1. The van der Waals surface area contributed by atoms with E-state index in [1.807, 2.05) is 20.8 Å². The summed E-state index contributed by atoms with van der Waals surface area (Å²) < 4.78 is 0. The van der Waals surface area contributed by atoms with Crippen LogP contribution in [0.5, 0.6) is 0 Å². The number of amides is 1. The van der Waals surface area contributed by atoms with Crippen molar-refractivity contribution in [1.82, 2.24) is 4.98 Å². The highest BCUT2D eigenvalue weighted by Gasteiger charge is 2.21. The number of nitrogens with one attached hydrogen (secondary N) is 1. The second-order valence-corrected chi connectivity index (χ2v) is 6.45. The topological polar surface area (TPSA) is 105 Å². The minimum Gasteiger partial charge on any atom is -0.481 e. The zero-order valence-corrected chi connectivity index (χ0v) is 12.9. The lowest BCUT2D eigenvalue weighted by molar-refractivity contribution is -0.137. The Morgan fingerprint density at radius 2 is 2.00 bits per heavy atom. The molecule has 0 bridgehead atoms. The van der Waals surface area contributed by atoms with Gasteiger partial charge >= 0.3 is 5.97 Å². The van der Waals surface area contributed by atoms with Crippen molar-refractivity contribution in [2.45, 2.75) is 46.6 Å². The average Bonchev–Trinajstić information content (AvgIpc) is 2.24. The van der Waals surface area contributed by atoms with Crippen molar-refractivity contribution < 1.29 is 14.7 Å². The van der Waals surface area contributed by atoms with Gasteiger partial charge in [0, 0.05) is 17.3 Å². The summed E-state index contributed by atoms with van der Waals surface area (Å²) in [6.07, 6.45) is 0.652. The van der Waals surface area contributed by atoms with Crippen LogP contribution in [-0.2, 0) is 4.79 Å². The normalized spacial score (nSPS) is 12.8. The number of pyridine rings is 1. The van der Waals surface area contributed by atoms with Gasteiger partial charge in [0.2, 0.25) is 5.91 Å². The van der Waals surface area contributed by atoms with E-state index >= 15 is 0 Å². The van der Waals surface area contributed by atoms with E-state index in [0.29, 0.717) is 23.5 Å². The lowest BCUT2D eigenvalue weighted by atomic mass is 9.87. The molecular formula is C15H23N3O3. The number of carboxylic acid groups (broad SMARTS) is 1. The Morgan fingerprint density at radius 3 is 2.48 bits per heavy atom. The Labute approximate surface area is 124 Å². The summed E-state index contributed by atoms with van der Waals surface area (Å²) in [4.78, 5) is 26.5. The third-order valence-electron chi connectivity index (χ3n) is 2.87. The first-order chi connectivity index (χ1) is 9.56. The lowest BCUT2D eigenvalue weighted by Gasteiger charge is -2.26. The monoisotopic (exact) mass is 293 g/mol. The molecule has 1 heterocycles. The molecule has 21 heavy (non-hydrogen) atoms. The number of hydrogen-bond donors (Lipinski definition) is 3. The molecule has 0 saturated heterocycles. The molecule has 1 aromatic rings. The maximum absolute atomic E-state index is 11.3. The first-order valence-corrected chi connectivity index (χ1v) is 6.83. The van der Waals surface area contributed by atoms with E-state index in [1.165, 1.54) is 0 Å². The van der Waals surface area contributed by atoms with Gasteiger partial charge in [-0.05, 0) is 30.9 Å². The highest BCUT2D eigenvalue weighted by atomic mass is 16.4. The number of aromatic nitrogens is 1. The van der Waals surface area contributed by atoms with Crippen LogP contribution in [0.3, 0.4) is 0 Å². The lowest BCUT2D eigenvalue weighted by Crippen LogP contribution is -2.29. The van der Waals surface area contributed by atoms with E-state index in [9.17, 15) is 9.59 Å². The Balaban J connectivity index is 2.97. The Hall–Kier alpha value is -2.11. The number of nitrogens with zero attached hydrogens (tertiary/aromatic N) is 1. The number of aryl methyl sites for hydroxylation is 1. The summed E-state index contributed by atoms with van der Waals surface area (Å²) in [6, 6.07) is 2.88. The molecule has 1 rings (SSSR count). The van der Waals surface area contributed by atoms with Crippen LogP contribution in [0.15, 0.2) is 12.1 Å². The smallest absolute Gasteiger partial charge is 0.305 e. The van der Waals surface area contributed by atoms with Gasteiger partial charge in [0.15, 0.2) is 0 Å². The molecule has 116 valence electrons. The molecule has 0 spiro atoms. The molecule has 4 N–H and O–H groups in total. The molecule has 1 atom stereocenters. The van der Waals surface area contributed by atoms with Crippen LogP contribution in [0.4, 0.5) is 5.82 Å². The molecule has 0 aliphatic carbocycles. The standard InChI is InChI=1S/C15H23N3O3/c1-9-5-10(14(16)21)6-12(17-9)18-11(7-13(19)20)8-15(2,3)4/h5-6,11H,7-8H2,1-4H3,(H2,16,21)(H,17,18)(H,19,20). The van der Waals surface area contributed by atoms with Crippen molar-refractivity contribution in [3.63, 3.8) is 0 Å². The zero-order chi connectivity index (χ0) is 16.2. The van der Waals surface area contributed by atoms with Crippen LogP contribution < -0.4 is 11.1 Å². The second-order valence-electron chi connectivity index (χ2n) is 6.45. The summed E-state index contributed by atoms with van der Waals surface area (Å²) in [5, 5.41) is 12.1. The van der Waals surface area contributed by atoms with E-state index in [2.05, 4.69) is 10.3 Å². The minimum atomic E-state index is -0.875. The van der Waals surface area contributed by atoms with E-state index in [-0.39, 0.29) is 17.9 Å². The summed E-state index contributed by atoms with van der Waals surface area (Å²) in [7, 11) is 0. The number of carboxylic acids is 1. The molecule has 6 heteroatoms. The van der Waals surface area contributed by atoms with Gasteiger partial charge in [-0.3, -0.25) is 9.59 Å². The first-order valence-electron chi connectivity index (χ1n) is 6.83. The van der Waals surface area contributed by atoms with Crippen molar-refractivity contribution >= 4 is 17.7 Å². The number of carbonyl (C=O) groups excluding carboxylic acids is 1. The van der Waals surface area contributed by atoms with Crippen molar-refractivity contribution in [2.75, 3.05) is 5.32 Å². The minimum absolute atomic E-state index is 0.0151.